The molecule has 19 heavy (non-hydrogen) atoms. The zero-order chi connectivity index (χ0) is 13.9. The van der Waals surface area contributed by atoms with Crippen LogP contribution in [0.5, 0.6) is 0 Å². The minimum atomic E-state index is -0.647. The van der Waals surface area contributed by atoms with Crippen molar-refractivity contribution in [3.8, 4) is 0 Å². The summed E-state index contributed by atoms with van der Waals surface area (Å²) in [7, 11) is 1.65. The van der Waals surface area contributed by atoms with Crippen molar-refractivity contribution >= 4 is 21.7 Å². The number of carbonyl (C=O) groups excluding carboxylic acids is 1. The van der Waals surface area contributed by atoms with Crippen LogP contribution in [0.4, 0.5) is 0 Å². The Morgan fingerprint density at radius 3 is 2.74 bits per heavy atom. The third kappa shape index (κ3) is 2.77. The third-order valence-corrected chi connectivity index (χ3v) is 4.49. The number of ether oxygens (including phenoxy) is 1. The molecule has 1 saturated carbocycles. The molecule has 0 bridgehead atoms. The number of halogens is 1. The predicted octanol–water partition coefficient (Wildman–Crippen LogP) is 3.59. The second-order valence-corrected chi connectivity index (χ2v) is 6.01. The highest BCUT2D eigenvalue weighted by Gasteiger charge is 2.42. The number of methoxy groups -OCH3 is 1. The fraction of sp³-hybridized carbons (Fsp3) is 0.714. The van der Waals surface area contributed by atoms with Crippen LogP contribution in [-0.4, -0.2) is 28.3 Å². The van der Waals surface area contributed by atoms with Crippen molar-refractivity contribution in [2.75, 3.05) is 7.11 Å². The van der Waals surface area contributed by atoms with Gasteiger partial charge < -0.3 is 4.74 Å². The number of hydrogen-bond donors (Lipinski definition) is 0. The maximum Gasteiger partial charge on any atom is 0.213 e. The average molecular weight is 329 g/mol. The number of Topliss-reactive ketones (excluding diaryl/α,β-unsaturated/α-hetero) is 1. The molecule has 0 spiro atoms. The van der Waals surface area contributed by atoms with E-state index in [1.54, 1.807) is 18.0 Å². The van der Waals surface area contributed by atoms with Crippen molar-refractivity contribution < 1.29 is 9.53 Å². The Balaban J connectivity index is 2.34. The lowest BCUT2D eigenvalue weighted by atomic mass is 9.80. The smallest absolute Gasteiger partial charge is 0.213 e. The van der Waals surface area contributed by atoms with Gasteiger partial charge in [0.05, 0.1) is 10.7 Å². The molecule has 0 aliphatic heterocycles. The molecule has 0 N–H and O–H groups in total. The van der Waals surface area contributed by atoms with E-state index in [4.69, 9.17) is 4.74 Å². The van der Waals surface area contributed by atoms with Crippen LogP contribution in [0, 0.1) is 0 Å². The van der Waals surface area contributed by atoms with E-state index in [1.165, 1.54) is 6.42 Å². The maximum absolute atomic E-state index is 12.9. The Kier molecular flexibility index (Phi) is 4.79. The standard InChI is InChI=1S/C14H21BrN2O2/c1-3-9-17-12(11(15)10-16-17)13(18)14(19-2)7-5-4-6-8-14/h10H,3-9H2,1-2H3. The van der Waals surface area contributed by atoms with Crippen molar-refractivity contribution in [1.29, 1.82) is 0 Å². The van der Waals surface area contributed by atoms with Crippen molar-refractivity contribution in [3.63, 3.8) is 0 Å². The fourth-order valence-electron chi connectivity index (χ4n) is 2.83. The third-order valence-electron chi connectivity index (χ3n) is 3.91. The van der Waals surface area contributed by atoms with Gasteiger partial charge in [-0.15, -0.1) is 0 Å². The fourth-order valence-corrected chi connectivity index (χ4v) is 3.31. The van der Waals surface area contributed by atoms with Gasteiger partial charge in [0.2, 0.25) is 5.78 Å². The molecule has 2 rings (SSSR count). The Morgan fingerprint density at radius 1 is 1.47 bits per heavy atom. The number of nitrogens with zero attached hydrogens (tertiary/aromatic N) is 2. The number of carbonyl (C=O) groups is 1. The summed E-state index contributed by atoms with van der Waals surface area (Å²) in [5.74, 6) is 0.0764. The minimum absolute atomic E-state index is 0.0764. The van der Waals surface area contributed by atoms with Gasteiger partial charge in [0.15, 0.2) is 0 Å². The van der Waals surface area contributed by atoms with E-state index >= 15 is 0 Å². The molecule has 1 heterocycles. The molecule has 0 unspecified atom stereocenters. The van der Waals surface area contributed by atoms with Gasteiger partial charge in [-0.1, -0.05) is 26.2 Å². The van der Waals surface area contributed by atoms with Gasteiger partial charge >= 0.3 is 0 Å². The van der Waals surface area contributed by atoms with Crippen LogP contribution < -0.4 is 0 Å². The van der Waals surface area contributed by atoms with E-state index in [9.17, 15) is 4.79 Å². The van der Waals surface area contributed by atoms with Crippen LogP contribution in [-0.2, 0) is 11.3 Å². The zero-order valence-corrected chi connectivity index (χ0v) is 13.2. The Labute approximate surface area is 122 Å². The summed E-state index contributed by atoms with van der Waals surface area (Å²) in [6, 6.07) is 0. The molecular formula is C14H21BrN2O2. The van der Waals surface area contributed by atoms with Crippen molar-refractivity contribution in [1.82, 2.24) is 9.78 Å². The zero-order valence-electron chi connectivity index (χ0n) is 11.6. The number of aromatic nitrogens is 2. The lowest BCUT2D eigenvalue weighted by Gasteiger charge is -2.34. The number of hydrogen-bond acceptors (Lipinski definition) is 3. The molecule has 1 aliphatic carbocycles. The quantitative estimate of drug-likeness (QED) is 0.776. The molecule has 0 amide bonds. The monoisotopic (exact) mass is 328 g/mol. The highest BCUT2D eigenvalue weighted by molar-refractivity contribution is 9.10. The molecule has 1 aliphatic rings. The van der Waals surface area contributed by atoms with E-state index in [0.717, 1.165) is 43.1 Å². The first kappa shape index (κ1) is 14.7. The average Bonchev–Trinajstić information content (AvgIpc) is 2.80. The molecule has 4 nitrogen and oxygen atoms in total. The van der Waals surface area contributed by atoms with Gasteiger partial charge in [-0.25, -0.2) is 0 Å². The van der Waals surface area contributed by atoms with Crippen LogP contribution >= 0.6 is 15.9 Å². The molecule has 0 radical (unpaired) electrons. The predicted molar refractivity (Wildman–Crippen MR) is 77.4 cm³/mol. The molecule has 5 heteroatoms. The highest BCUT2D eigenvalue weighted by atomic mass is 79.9. The maximum atomic E-state index is 12.9. The van der Waals surface area contributed by atoms with E-state index in [-0.39, 0.29) is 5.78 Å². The van der Waals surface area contributed by atoms with Crippen molar-refractivity contribution in [2.45, 2.75) is 57.6 Å². The molecule has 1 aromatic heterocycles. The lowest BCUT2D eigenvalue weighted by molar-refractivity contribution is -0.0202. The Hall–Kier alpha value is -0.680. The first-order valence-corrected chi connectivity index (χ1v) is 7.75. The summed E-state index contributed by atoms with van der Waals surface area (Å²) in [6.07, 6.45) is 7.58. The Morgan fingerprint density at radius 2 is 2.16 bits per heavy atom. The van der Waals surface area contributed by atoms with Crippen LogP contribution in [0.25, 0.3) is 0 Å². The van der Waals surface area contributed by atoms with Crippen LogP contribution in [0.15, 0.2) is 10.7 Å². The number of aryl methyl sites for hydroxylation is 1. The number of rotatable bonds is 5. The molecular weight excluding hydrogens is 308 g/mol. The normalized spacial score (nSPS) is 18.5. The topological polar surface area (TPSA) is 44.1 Å². The van der Waals surface area contributed by atoms with Gasteiger partial charge in [-0.2, -0.15) is 5.10 Å². The van der Waals surface area contributed by atoms with E-state index in [0.29, 0.717) is 5.69 Å². The molecule has 1 aromatic rings. The number of ketones is 1. The molecule has 0 aromatic carbocycles. The molecule has 0 atom stereocenters. The van der Waals surface area contributed by atoms with E-state index in [1.807, 2.05) is 0 Å². The lowest BCUT2D eigenvalue weighted by Crippen LogP contribution is -2.43. The van der Waals surface area contributed by atoms with Crippen LogP contribution in [0.1, 0.15) is 55.9 Å². The first-order valence-electron chi connectivity index (χ1n) is 6.96. The van der Waals surface area contributed by atoms with Gasteiger partial charge in [-0.3, -0.25) is 9.48 Å². The van der Waals surface area contributed by atoms with Gasteiger partial charge in [0, 0.05) is 13.7 Å². The van der Waals surface area contributed by atoms with E-state index in [2.05, 4.69) is 28.0 Å². The molecule has 1 fully saturated rings. The second-order valence-electron chi connectivity index (χ2n) is 5.15. The van der Waals surface area contributed by atoms with Crippen molar-refractivity contribution in [3.05, 3.63) is 16.4 Å². The largest absolute Gasteiger partial charge is 0.370 e. The minimum Gasteiger partial charge on any atom is -0.370 e. The van der Waals surface area contributed by atoms with Gasteiger partial charge in [0.1, 0.15) is 11.3 Å². The van der Waals surface area contributed by atoms with Gasteiger partial charge in [0.25, 0.3) is 0 Å². The van der Waals surface area contributed by atoms with Crippen LogP contribution in [0.2, 0.25) is 0 Å². The summed E-state index contributed by atoms with van der Waals surface area (Å²) in [4.78, 5) is 12.9. The summed E-state index contributed by atoms with van der Waals surface area (Å²) in [5, 5.41) is 4.28. The molecule has 106 valence electrons. The second kappa shape index (κ2) is 6.18. The summed E-state index contributed by atoms with van der Waals surface area (Å²) in [5.41, 5.74) is 0.0114. The summed E-state index contributed by atoms with van der Waals surface area (Å²) in [6.45, 7) is 2.84. The first-order chi connectivity index (χ1) is 9.14. The Bertz CT molecular complexity index is 450. The summed E-state index contributed by atoms with van der Waals surface area (Å²) < 4.78 is 8.21. The van der Waals surface area contributed by atoms with Crippen LogP contribution in [0.3, 0.4) is 0 Å². The molecule has 0 saturated heterocycles. The SMILES string of the molecule is CCCn1ncc(Br)c1C(=O)C1(OC)CCCCC1. The van der Waals surface area contributed by atoms with Crippen molar-refractivity contribution in [2.24, 2.45) is 0 Å². The van der Waals surface area contributed by atoms with Gasteiger partial charge in [-0.05, 0) is 35.2 Å². The summed E-state index contributed by atoms with van der Waals surface area (Å²) >= 11 is 3.45. The van der Waals surface area contributed by atoms with E-state index < -0.39 is 5.60 Å². The highest BCUT2D eigenvalue weighted by Crippen LogP contribution is 2.35.